The summed E-state index contributed by atoms with van der Waals surface area (Å²) in [4.78, 5) is 32.8. The number of ether oxygens (including phenoxy) is 1. The Kier molecular flexibility index (Phi) is 6.15. The lowest BCUT2D eigenvalue weighted by Gasteiger charge is -2.14. The monoisotopic (exact) mass is 443 g/mol. The normalized spacial score (nSPS) is 13.5. The first-order chi connectivity index (χ1) is 14.5. The van der Waals surface area contributed by atoms with Crippen molar-refractivity contribution in [3.8, 4) is 11.4 Å². The number of hydrogen-bond acceptors (Lipinski definition) is 6. The number of nitrogens with zero attached hydrogens (tertiary/aromatic N) is 2. The molecule has 0 unspecified atom stereocenters. The van der Waals surface area contributed by atoms with Crippen LogP contribution in [0.15, 0.2) is 34.2 Å². The summed E-state index contributed by atoms with van der Waals surface area (Å²) >= 11 is 2.91. The van der Waals surface area contributed by atoms with Gasteiger partial charge in [-0.25, -0.2) is 4.98 Å². The molecule has 158 valence electrons. The molecule has 1 aromatic carbocycles. The Morgan fingerprint density at radius 2 is 2.13 bits per heavy atom. The lowest BCUT2D eigenvalue weighted by molar-refractivity contribution is -0.119. The van der Waals surface area contributed by atoms with Gasteiger partial charge in [-0.2, -0.15) is 0 Å². The Bertz CT molecular complexity index is 1150. The zero-order valence-corrected chi connectivity index (χ0v) is 19.0. The summed E-state index contributed by atoms with van der Waals surface area (Å²) in [6.07, 6.45) is 4.19. The number of amides is 1. The van der Waals surface area contributed by atoms with Gasteiger partial charge in [-0.1, -0.05) is 17.8 Å². The molecule has 0 bridgehead atoms. The highest BCUT2D eigenvalue weighted by Gasteiger charge is 2.23. The van der Waals surface area contributed by atoms with Crippen LogP contribution in [0.3, 0.4) is 0 Å². The zero-order valence-electron chi connectivity index (χ0n) is 17.4. The van der Waals surface area contributed by atoms with Crippen molar-refractivity contribution < 1.29 is 9.53 Å². The fraction of sp³-hybridized carbons (Fsp3) is 0.409. The number of carbonyl (C=O) groups excluding carboxylic acids is 1. The molecule has 4 rings (SSSR count). The number of benzene rings is 1. The van der Waals surface area contributed by atoms with Crippen molar-refractivity contribution >= 4 is 39.2 Å². The molecule has 2 aromatic heterocycles. The van der Waals surface area contributed by atoms with E-state index in [1.54, 1.807) is 23.0 Å². The Labute approximate surface area is 183 Å². The standard InChI is InChI=1S/C22H25N3O3S2/c1-13(2)23-18(26)12-29-22-24-20-19(16-9-4-5-10-17(16)30-20)21(27)25(22)14-7-6-8-15(11-14)28-3/h6-8,11,13H,4-5,9-10,12H2,1-3H3,(H,23,26). The van der Waals surface area contributed by atoms with E-state index in [9.17, 15) is 9.59 Å². The molecule has 1 amide bonds. The quantitative estimate of drug-likeness (QED) is 0.461. The molecule has 1 aliphatic rings. The molecule has 0 spiro atoms. The maximum absolute atomic E-state index is 13.7. The molecular formula is C22H25N3O3S2. The van der Waals surface area contributed by atoms with Crippen LogP contribution in [0.25, 0.3) is 15.9 Å². The summed E-state index contributed by atoms with van der Waals surface area (Å²) < 4.78 is 6.98. The summed E-state index contributed by atoms with van der Waals surface area (Å²) in [5.41, 5.74) is 1.78. The smallest absolute Gasteiger partial charge is 0.267 e. The number of aryl methyl sites for hydroxylation is 2. The Balaban J connectivity index is 1.85. The molecule has 2 heterocycles. The Hall–Kier alpha value is -2.32. The highest BCUT2D eigenvalue weighted by Crippen LogP contribution is 2.35. The van der Waals surface area contributed by atoms with E-state index < -0.39 is 0 Å². The van der Waals surface area contributed by atoms with E-state index >= 15 is 0 Å². The van der Waals surface area contributed by atoms with Gasteiger partial charge in [-0.15, -0.1) is 11.3 Å². The van der Waals surface area contributed by atoms with Gasteiger partial charge in [0.2, 0.25) is 5.91 Å². The minimum atomic E-state index is -0.0768. The van der Waals surface area contributed by atoms with Crippen LogP contribution < -0.4 is 15.6 Å². The molecule has 0 saturated heterocycles. The lowest BCUT2D eigenvalue weighted by atomic mass is 9.97. The molecule has 1 aliphatic carbocycles. The summed E-state index contributed by atoms with van der Waals surface area (Å²) in [5.74, 6) is 0.790. The van der Waals surface area contributed by atoms with Gasteiger partial charge in [0, 0.05) is 17.0 Å². The number of methoxy groups -OCH3 is 1. The summed E-state index contributed by atoms with van der Waals surface area (Å²) in [6, 6.07) is 7.46. The van der Waals surface area contributed by atoms with Crippen LogP contribution in [0.2, 0.25) is 0 Å². The number of thioether (sulfide) groups is 1. The first-order valence-corrected chi connectivity index (χ1v) is 11.9. The van der Waals surface area contributed by atoms with Gasteiger partial charge in [0.25, 0.3) is 5.56 Å². The maximum atomic E-state index is 13.7. The largest absolute Gasteiger partial charge is 0.497 e. The molecule has 0 fully saturated rings. The lowest BCUT2D eigenvalue weighted by Crippen LogP contribution is -2.32. The minimum absolute atomic E-state index is 0.0677. The van der Waals surface area contributed by atoms with Crippen LogP contribution in [0.4, 0.5) is 0 Å². The van der Waals surface area contributed by atoms with Crippen LogP contribution in [-0.4, -0.2) is 34.4 Å². The van der Waals surface area contributed by atoms with Crippen molar-refractivity contribution in [3.63, 3.8) is 0 Å². The number of carbonyl (C=O) groups is 1. The van der Waals surface area contributed by atoms with Crippen molar-refractivity contribution in [2.24, 2.45) is 0 Å². The first kappa shape index (κ1) is 20.9. The second-order valence-electron chi connectivity index (χ2n) is 7.64. The average Bonchev–Trinajstić information content (AvgIpc) is 3.10. The van der Waals surface area contributed by atoms with Gasteiger partial charge in [-0.05, 0) is 57.2 Å². The fourth-order valence-electron chi connectivity index (χ4n) is 3.75. The molecular weight excluding hydrogens is 418 g/mol. The van der Waals surface area contributed by atoms with Crippen LogP contribution in [-0.2, 0) is 17.6 Å². The molecule has 30 heavy (non-hydrogen) atoms. The summed E-state index contributed by atoms with van der Waals surface area (Å²) in [5, 5.41) is 4.15. The van der Waals surface area contributed by atoms with Crippen molar-refractivity contribution in [3.05, 3.63) is 45.1 Å². The van der Waals surface area contributed by atoms with Crippen molar-refractivity contribution in [1.29, 1.82) is 0 Å². The topological polar surface area (TPSA) is 73.2 Å². The molecule has 0 radical (unpaired) electrons. The van der Waals surface area contributed by atoms with E-state index in [0.29, 0.717) is 16.6 Å². The maximum Gasteiger partial charge on any atom is 0.267 e. The van der Waals surface area contributed by atoms with E-state index in [-0.39, 0.29) is 23.3 Å². The second kappa shape index (κ2) is 8.81. The number of rotatable bonds is 6. The summed E-state index contributed by atoms with van der Waals surface area (Å²) in [6.45, 7) is 3.85. The zero-order chi connectivity index (χ0) is 21.3. The van der Waals surface area contributed by atoms with Gasteiger partial charge in [0.1, 0.15) is 10.6 Å². The van der Waals surface area contributed by atoms with E-state index in [0.717, 1.165) is 41.5 Å². The molecule has 0 atom stereocenters. The third-order valence-electron chi connectivity index (χ3n) is 5.05. The van der Waals surface area contributed by atoms with Crippen LogP contribution >= 0.6 is 23.1 Å². The molecule has 6 nitrogen and oxygen atoms in total. The van der Waals surface area contributed by atoms with Gasteiger partial charge in [0.05, 0.1) is 23.9 Å². The minimum Gasteiger partial charge on any atom is -0.497 e. The van der Waals surface area contributed by atoms with E-state index in [1.165, 1.54) is 16.6 Å². The van der Waals surface area contributed by atoms with Crippen LogP contribution in [0, 0.1) is 0 Å². The predicted octanol–water partition coefficient (Wildman–Crippen LogP) is 3.95. The number of nitrogens with one attached hydrogen (secondary N) is 1. The third kappa shape index (κ3) is 4.11. The van der Waals surface area contributed by atoms with Crippen molar-refractivity contribution in [1.82, 2.24) is 14.9 Å². The van der Waals surface area contributed by atoms with Gasteiger partial charge in [-0.3, -0.25) is 14.2 Å². The van der Waals surface area contributed by atoms with Crippen LogP contribution in [0.5, 0.6) is 5.75 Å². The first-order valence-electron chi connectivity index (χ1n) is 10.1. The second-order valence-corrected chi connectivity index (χ2v) is 9.66. The Morgan fingerprint density at radius 3 is 2.90 bits per heavy atom. The Morgan fingerprint density at radius 1 is 1.33 bits per heavy atom. The van der Waals surface area contributed by atoms with Gasteiger partial charge >= 0.3 is 0 Å². The molecule has 0 aliphatic heterocycles. The third-order valence-corrected chi connectivity index (χ3v) is 7.18. The number of aromatic nitrogens is 2. The molecule has 1 N–H and O–H groups in total. The molecule has 8 heteroatoms. The fourth-order valence-corrected chi connectivity index (χ4v) is 5.88. The summed E-state index contributed by atoms with van der Waals surface area (Å²) in [7, 11) is 1.60. The van der Waals surface area contributed by atoms with Gasteiger partial charge < -0.3 is 10.1 Å². The number of hydrogen-bond donors (Lipinski definition) is 1. The van der Waals surface area contributed by atoms with E-state index in [1.807, 2.05) is 38.1 Å². The van der Waals surface area contributed by atoms with Gasteiger partial charge in [0.15, 0.2) is 5.16 Å². The van der Waals surface area contributed by atoms with Crippen molar-refractivity contribution in [2.45, 2.75) is 50.7 Å². The van der Waals surface area contributed by atoms with Crippen LogP contribution in [0.1, 0.15) is 37.1 Å². The highest BCUT2D eigenvalue weighted by atomic mass is 32.2. The average molecular weight is 444 g/mol. The predicted molar refractivity (Wildman–Crippen MR) is 122 cm³/mol. The number of thiophene rings is 1. The molecule has 0 saturated carbocycles. The number of fused-ring (bicyclic) bond motifs is 3. The highest BCUT2D eigenvalue weighted by molar-refractivity contribution is 7.99. The van der Waals surface area contributed by atoms with E-state index in [2.05, 4.69) is 5.32 Å². The SMILES string of the molecule is COc1cccc(-n2c(SCC(=O)NC(C)C)nc3sc4c(c3c2=O)CCCC4)c1. The van der Waals surface area contributed by atoms with E-state index in [4.69, 9.17) is 9.72 Å². The molecule has 3 aromatic rings. The van der Waals surface area contributed by atoms with Crippen molar-refractivity contribution in [2.75, 3.05) is 12.9 Å².